The molecule has 54 heavy (non-hydrogen) atoms. The van der Waals surface area contributed by atoms with E-state index in [0.717, 1.165) is 36.2 Å². The van der Waals surface area contributed by atoms with Crippen molar-refractivity contribution >= 4 is 70.1 Å². The van der Waals surface area contributed by atoms with Gasteiger partial charge in [0.05, 0.1) is 33.7 Å². The number of aromatic hydroxyl groups is 1. The van der Waals surface area contributed by atoms with Crippen LogP contribution in [0.5, 0.6) is 5.75 Å². The SMILES string of the molecule is CN(c1nc(C(F)(F)F)ccc1Cl)N1C(=O)[C@H]2[C@H](CC=C3[C@H]2C[C@H]2C(=O)N(N(C)c4nc(C(F)(F)F)ccc4Cl)C(=O)[C@H]2[C@H]3c2ccc(O)cc2Cl)C1=O. The molecular formula is C34H25Cl3F6N6O5. The summed E-state index contributed by atoms with van der Waals surface area (Å²) in [6.45, 7) is 0. The lowest BCUT2D eigenvalue weighted by Crippen LogP contribution is -2.46. The second kappa shape index (κ2) is 13.0. The normalized spacial score (nSPS) is 25.4. The molecule has 11 nitrogen and oxygen atoms in total. The van der Waals surface area contributed by atoms with Crippen molar-refractivity contribution < 1.29 is 50.6 Å². The number of hydrazine groups is 2. The van der Waals surface area contributed by atoms with Crippen molar-refractivity contribution in [3.63, 3.8) is 0 Å². The average molecular weight is 818 g/mol. The van der Waals surface area contributed by atoms with Crippen LogP contribution in [0.4, 0.5) is 38.0 Å². The van der Waals surface area contributed by atoms with Crippen molar-refractivity contribution in [2.75, 3.05) is 24.1 Å². The van der Waals surface area contributed by atoms with Crippen molar-refractivity contribution in [1.82, 2.24) is 20.0 Å². The van der Waals surface area contributed by atoms with Crippen molar-refractivity contribution in [3.05, 3.63) is 86.1 Å². The zero-order valence-electron chi connectivity index (χ0n) is 27.7. The summed E-state index contributed by atoms with van der Waals surface area (Å²) in [6, 6.07) is 7.10. The summed E-state index contributed by atoms with van der Waals surface area (Å²) in [4.78, 5) is 64.0. The number of rotatable bonds is 5. The van der Waals surface area contributed by atoms with Crippen LogP contribution in [0.1, 0.15) is 35.7 Å². The van der Waals surface area contributed by atoms with E-state index in [0.29, 0.717) is 27.7 Å². The number of pyridine rings is 2. The van der Waals surface area contributed by atoms with Crippen LogP contribution in [-0.4, -0.2) is 62.8 Å². The highest BCUT2D eigenvalue weighted by atomic mass is 35.5. The third kappa shape index (κ3) is 5.91. The maximum Gasteiger partial charge on any atom is 0.433 e. The van der Waals surface area contributed by atoms with E-state index < -0.39 is 94.5 Å². The topological polar surface area (TPSA) is 127 Å². The molecule has 20 heteroatoms. The highest BCUT2D eigenvalue weighted by Crippen LogP contribution is 2.59. The molecule has 4 aliphatic rings. The minimum atomic E-state index is -4.89. The quantitative estimate of drug-likeness (QED) is 0.166. The molecule has 1 N–H and O–H groups in total. The van der Waals surface area contributed by atoms with Crippen LogP contribution >= 0.6 is 34.8 Å². The molecule has 284 valence electrons. The number of fused-ring (bicyclic) bond motifs is 4. The van der Waals surface area contributed by atoms with Crippen LogP contribution in [0.3, 0.4) is 0 Å². The Kier molecular flexibility index (Phi) is 9.08. The number of aromatic nitrogens is 2. The fourth-order valence-corrected chi connectivity index (χ4v) is 8.83. The van der Waals surface area contributed by atoms with Gasteiger partial charge in [-0.3, -0.25) is 29.2 Å². The molecule has 0 unspecified atom stereocenters. The van der Waals surface area contributed by atoms with Gasteiger partial charge in [0, 0.05) is 25.0 Å². The Labute approximate surface area is 316 Å². The summed E-state index contributed by atoms with van der Waals surface area (Å²) in [5, 5.41) is 12.5. The first-order valence-corrected chi connectivity index (χ1v) is 17.2. The first-order chi connectivity index (χ1) is 25.2. The van der Waals surface area contributed by atoms with Crippen LogP contribution in [-0.2, 0) is 31.5 Å². The summed E-state index contributed by atoms with van der Waals surface area (Å²) in [6.07, 6.45) is -8.32. The van der Waals surface area contributed by atoms with Gasteiger partial charge in [0.15, 0.2) is 11.6 Å². The molecule has 2 aliphatic carbocycles. The number of phenolic OH excluding ortho intramolecular Hbond substituents is 1. The third-order valence-corrected chi connectivity index (χ3v) is 11.3. The molecule has 6 atom stereocenters. The van der Waals surface area contributed by atoms with E-state index in [-0.39, 0.29) is 39.2 Å². The Morgan fingerprint density at radius 1 is 0.685 bits per heavy atom. The van der Waals surface area contributed by atoms with Crippen molar-refractivity contribution in [2.45, 2.75) is 31.1 Å². The first kappa shape index (κ1) is 37.7. The Morgan fingerprint density at radius 2 is 1.19 bits per heavy atom. The van der Waals surface area contributed by atoms with Crippen LogP contribution in [0.2, 0.25) is 15.1 Å². The molecule has 0 radical (unpaired) electrons. The second-order valence-corrected chi connectivity index (χ2v) is 14.5. The monoisotopic (exact) mass is 816 g/mol. The maximum absolute atomic E-state index is 14.4. The Bertz CT molecular complexity index is 2170. The Hall–Kier alpha value is -4.61. The lowest BCUT2D eigenvalue weighted by Gasteiger charge is -2.44. The number of allylic oxidation sites excluding steroid dienone is 2. The lowest BCUT2D eigenvalue weighted by atomic mass is 9.57. The number of phenols is 1. The standard InChI is InChI=1S/C34H25Cl3F6N6O5/c1-46(27-19(35)7-9-22(44-27)33(38,39)40)48-29(51)16-6-5-14-17(25(16)31(48)53)12-18-26(24(14)15-4-3-13(50)11-21(15)37)32(54)49(30(18)52)47(2)28-20(36)8-10-23(45-28)34(41,42)43/h3-5,7-11,16-18,24-26,50H,6,12H2,1-2H3/t16-,17+,18+,24+,25-,26+/m0/s1. The number of alkyl halides is 6. The molecule has 2 saturated heterocycles. The van der Waals surface area contributed by atoms with Crippen LogP contribution in [0.15, 0.2) is 54.1 Å². The summed E-state index contributed by atoms with van der Waals surface area (Å²) < 4.78 is 81.5. The number of carbonyl (C=O) groups is 4. The second-order valence-electron chi connectivity index (χ2n) is 13.3. The predicted octanol–water partition coefficient (Wildman–Crippen LogP) is 6.92. The molecule has 0 bridgehead atoms. The summed E-state index contributed by atoms with van der Waals surface area (Å²) in [5.74, 6) is -11.1. The zero-order valence-corrected chi connectivity index (χ0v) is 29.9. The van der Waals surface area contributed by atoms with Crippen LogP contribution in [0, 0.1) is 29.6 Å². The van der Waals surface area contributed by atoms with Crippen molar-refractivity contribution in [3.8, 4) is 5.75 Å². The van der Waals surface area contributed by atoms with Crippen molar-refractivity contribution in [2.24, 2.45) is 29.6 Å². The molecule has 4 amide bonds. The first-order valence-electron chi connectivity index (χ1n) is 16.1. The number of imide groups is 2. The summed E-state index contributed by atoms with van der Waals surface area (Å²) >= 11 is 19.0. The highest BCUT2D eigenvalue weighted by Gasteiger charge is 2.63. The van der Waals surface area contributed by atoms with Gasteiger partial charge < -0.3 is 5.11 Å². The number of hydrogen-bond acceptors (Lipinski definition) is 9. The molecule has 7 rings (SSSR count). The van der Waals surface area contributed by atoms with E-state index in [1.54, 1.807) is 6.08 Å². The van der Waals surface area contributed by atoms with Crippen molar-refractivity contribution in [1.29, 1.82) is 0 Å². The van der Waals surface area contributed by atoms with Gasteiger partial charge in [-0.2, -0.15) is 36.4 Å². The Morgan fingerprint density at radius 3 is 1.69 bits per heavy atom. The Balaban J connectivity index is 1.29. The minimum absolute atomic E-state index is 0.00230. The largest absolute Gasteiger partial charge is 0.508 e. The molecule has 2 aromatic heterocycles. The number of carbonyl (C=O) groups excluding carboxylic acids is 4. The van der Waals surface area contributed by atoms with E-state index in [4.69, 9.17) is 34.8 Å². The van der Waals surface area contributed by atoms with E-state index >= 15 is 0 Å². The fourth-order valence-electron chi connectivity index (χ4n) is 8.08. The van der Waals surface area contributed by atoms with Gasteiger partial charge in [0.1, 0.15) is 17.1 Å². The van der Waals surface area contributed by atoms with E-state index in [9.17, 15) is 50.6 Å². The average Bonchev–Trinajstić information content (AvgIpc) is 3.49. The van der Waals surface area contributed by atoms with Gasteiger partial charge in [-0.05, 0) is 60.7 Å². The van der Waals surface area contributed by atoms with Crippen LogP contribution < -0.4 is 10.0 Å². The minimum Gasteiger partial charge on any atom is -0.508 e. The molecular weight excluding hydrogens is 793 g/mol. The third-order valence-electron chi connectivity index (χ3n) is 10.4. The highest BCUT2D eigenvalue weighted by molar-refractivity contribution is 6.33. The summed E-state index contributed by atoms with van der Waals surface area (Å²) in [5.41, 5.74) is -1.90. The zero-order chi connectivity index (χ0) is 39.3. The molecule has 2 aliphatic heterocycles. The fraction of sp³-hybridized carbons (Fsp3) is 0.353. The van der Waals surface area contributed by atoms with E-state index in [2.05, 4.69) is 9.97 Å². The molecule has 4 heterocycles. The number of hydrogen-bond donors (Lipinski definition) is 1. The van der Waals surface area contributed by atoms with Gasteiger partial charge in [-0.15, -0.1) is 0 Å². The molecule has 3 aromatic rings. The van der Waals surface area contributed by atoms with E-state index in [1.165, 1.54) is 18.2 Å². The molecule has 1 saturated carbocycles. The lowest BCUT2D eigenvalue weighted by molar-refractivity contribution is -0.143. The smallest absolute Gasteiger partial charge is 0.433 e. The van der Waals surface area contributed by atoms with Crippen LogP contribution in [0.25, 0.3) is 0 Å². The summed E-state index contributed by atoms with van der Waals surface area (Å²) in [7, 11) is 2.30. The van der Waals surface area contributed by atoms with Gasteiger partial charge in [0.25, 0.3) is 23.6 Å². The van der Waals surface area contributed by atoms with Gasteiger partial charge in [0.2, 0.25) is 0 Å². The van der Waals surface area contributed by atoms with E-state index in [1.807, 2.05) is 0 Å². The number of halogens is 9. The number of amides is 4. The molecule has 3 fully saturated rings. The molecule has 1 aromatic carbocycles. The van der Waals surface area contributed by atoms with Gasteiger partial charge in [-0.25, -0.2) is 9.97 Å². The number of benzene rings is 1. The number of nitrogens with zero attached hydrogens (tertiary/aromatic N) is 6. The number of anilines is 2. The predicted molar refractivity (Wildman–Crippen MR) is 180 cm³/mol. The molecule has 0 spiro atoms. The van der Waals surface area contributed by atoms with Gasteiger partial charge in [-0.1, -0.05) is 52.5 Å². The van der Waals surface area contributed by atoms with Gasteiger partial charge >= 0.3 is 12.4 Å². The maximum atomic E-state index is 14.4.